The average Bonchev–Trinajstić information content (AvgIpc) is 2.68. The van der Waals surface area contributed by atoms with E-state index < -0.39 is 27.9 Å². The molecule has 1 N–H and O–H groups in total. The van der Waals surface area contributed by atoms with Crippen LogP contribution in [0.25, 0.3) is 0 Å². The quantitative estimate of drug-likeness (QED) is 0.659. The molecule has 1 amide bonds. The number of hydrogen-bond acceptors (Lipinski definition) is 6. The molecule has 0 unspecified atom stereocenters. The van der Waals surface area contributed by atoms with Crippen molar-refractivity contribution in [3.63, 3.8) is 0 Å². The molecule has 0 radical (unpaired) electrons. The highest BCUT2D eigenvalue weighted by atomic mass is 32.2. The summed E-state index contributed by atoms with van der Waals surface area (Å²) >= 11 is 0. The minimum Gasteiger partial charge on any atom is -0.497 e. The van der Waals surface area contributed by atoms with E-state index in [9.17, 15) is 18.0 Å². The van der Waals surface area contributed by atoms with Crippen LogP contribution in [0.4, 0.5) is 11.4 Å². The highest BCUT2D eigenvalue weighted by Gasteiger charge is 2.30. The van der Waals surface area contributed by atoms with Gasteiger partial charge in [0.15, 0.2) is 0 Å². The summed E-state index contributed by atoms with van der Waals surface area (Å²) in [5.41, 5.74) is 0.742. The summed E-state index contributed by atoms with van der Waals surface area (Å²) in [6.07, 6.45) is 1.02. The number of carbonyl (C=O) groups excluding carboxylic acids is 2. The fourth-order valence-electron chi connectivity index (χ4n) is 2.75. The van der Waals surface area contributed by atoms with E-state index in [0.29, 0.717) is 11.4 Å². The number of ether oxygens (including phenoxy) is 2. The fourth-order valence-corrected chi connectivity index (χ4v) is 3.93. The number of sulfonamides is 1. The molecule has 2 aromatic carbocycles. The Hall–Kier alpha value is -3.07. The van der Waals surface area contributed by atoms with Gasteiger partial charge in [-0.1, -0.05) is 12.1 Å². The summed E-state index contributed by atoms with van der Waals surface area (Å²) in [5.74, 6) is -0.614. The summed E-state index contributed by atoms with van der Waals surface area (Å²) in [4.78, 5) is 24.9. The minimum atomic E-state index is -3.77. The molecule has 29 heavy (non-hydrogen) atoms. The first-order chi connectivity index (χ1) is 13.7. The average molecular weight is 420 g/mol. The lowest BCUT2D eigenvalue weighted by Gasteiger charge is -2.28. The van der Waals surface area contributed by atoms with Gasteiger partial charge in [-0.25, -0.2) is 13.2 Å². The van der Waals surface area contributed by atoms with Gasteiger partial charge in [0.2, 0.25) is 15.9 Å². The Balaban J connectivity index is 2.32. The molecule has 0 bridgehead atoms. The van der Waals surface area contributed by atoms with Crippen LogP contribution < -0.4 is 14.4 Å². The number of amides is 1. The first-order valence-corrected chi connectivity index (χ1v) is 10.7. The normalized spacial score (nSPS) is 12.0. The molecule has 8 nitrogen and oxygen atoms in total. The second-order valence-corrected chi connectivity index (χ2v) is 8.05. The number of para-hydroxylation sites is 1. The number of rotatable bonds is 8. The van der Waals surface area contributed by atoms with Gasteiger partial charge in [0, 0.05) is 0 Å². The van der Waals surface area contributed by atoms with Crippen molar-refractivity contribution < 1.29 is 27.5 Å². The molecule has 0 saturated carbocycles. The van der Waals surface area contributed by atoms with Crippen LogP contribution in [0.1, 0.15) is 24.2 Å². The van der Waals surface area contributed by atoms with Crippen LogP contribution >= 0.6 is 0 Å². The maximum atomic E-state index is 12.8. The van der Waals surface area contributed by atoms with Crippen molar-refractivity contribution in [1.82, 2.24) is 0 Å². The van der Waals surface area contributed by atoms with Crippen LogP contribution in [0, 0.1) is 0 Å². The Morgan fingerprint density at radius 2 is 1.72 bits per heavy atom. The van der Waals surface area contributed by atoms with E-state index in [1.165, 1.54) is 20.1 Å². The summed E-state index contributed by atoms with van der Waals surface area (Å²) < 4.78 is 35.9. The van der Waals surface area contributed by atoms with Crippen LogP contribution in [0.15, 0.2) is 48.5 Å². The van der Waals surface area contributed by atoms with Crippen molar-refractivity contribution in [3.05, 3.63) is 54.1 Å². The molecule has 0 aliphatic carbocycles. The van der Waals surface area contributed by atoms with Gasteiger partial charge in [-0.2, -0.15) is 0 Å². The molecule has 0 aliphatic rings. The molecule has 0 aromatic heterocycles. The Bertz CT molecular complexity index is 973. The summed E-state index contributed by atoms with van der Waals surface area (Å²) in [7, 11) is -2.27. The maximum Gasteiger partial charge on any atom is 0.340 e. The first-order valence-electron chi connectivity index (χ1n) is 8.89. The van der Waals surface area contributed by atoms with E-state index in [-0.39, 0.29) is 17.9 Å². The number of methoxy groups -OCH3 is 1. The lowest BCUT2D eigenvalue weighted by molar-refractivity contribution is -0.116. The summed E-state index contributed by atoms with van der Waals surface area (Å²) in [6.45, 7) is 3.34. The monoisotopic (exact) mass is 420 g/mol. The van der Waals surface area contributed by atoms with Crippen molar-refractivity contribution in [2.24, 2.45) is 0 Å². The minimum absolute atomic E-state index is 0.185. The van der Waals surface area contributed by atoms with Gasteiger partial charge < -0.3 is 14.8 Å². The van der Waals surface area contributed by atoms with Gasteiger partial charge >= 0.3 is 5.97 Å². The van der Waals surface area contributed by atoms with Crippen molar-refractivity contribution in [2.75, 3.05) is 29.6 Å². The van der Waals surface area contributed by atoms with Crippen molar-refractivity contribution in [1.29, 1.82) is 0 Å². The Labute approximate surface area is 170 Å². The Morgan fingerprint density at radius 3 is 2.28 bits per heavy atom. The second-order valence-electron chi connectivity index (χ2n) is 6.19. The van der Waals surface area contributed by atoms with Gasteiger partial charge in [-0.15, -0.1) is 0 Å². The maximum absolute atomic E-state index is 12.8. The molecule has 9 heteroatoms. The van der Waals surface area contributed by atoms with Gasteiger partial charge in [0.05, 0.1) is 36.9 Å². The largest absolute Gasteiger partial charge is 0.497 e. The predicted molar refractivity (Wildman–Crippen MR) is 111 cm³/mol. The Morgan fingerprint density at radius 1 is 1.10 bits per heavy atom. The molecule has 0 heterocycles. The second kappa shape index (κ2) is 9.42. The van der Waals surface area contributed by atoms with Crippen LogP contribution in [0.3, 0.4) is 0 Å². The number of esters is 1. The molecule has 156 valence electrons. The standard InChI is InChI=1S/C20H24N2O6S/c1-5-28-20(24)17-8-6-7-9-18(17)21-19(23)14(2)22(29(4,25)26)15-10-12-16(27-3)13-11-15/h6-14H,5H2,1-4H3,(H,21,23)/t14-/m0/s1. The van der Waals surface area contributed by atoms with Crippen LogP contribution in [-0.2, 0) is 19.6 Å². The van der Waals surface area contributed by atoms with E-state index in [0.717, 1.165) is 10.6 Å². The number of benzene rings is 2. The van der Waals surface area contributed by atoms with E-state index >= 15 is 0 Å². The van der Waals surface area contributed by atoms with Crippen LogP contribution in [-0.4, -0.2) is 46.3 Å². The van der Waals surface area contributed by atoms with E-state index in [1.807, 2.05) is 0 Å². The van der Waals surface area contributed by atoms with Crippen LogP contribution in [0.5, 0.6) is 5.75 Å². The first kappa shape index (κ1) is 22.2. The van der Waals surface area contributed by atoms with E-state index in [4.69, 9.17) is 9.47 Å². The zero-order valence-electron chi connectivity index (χ0n) is 16.7. The predicted octanol–water partition coefficient (Wildman–Crippen LogP) is 2.67. The van der Waals surface area contributed by atoms with E-state index in [1.54, 1.807) is 49.4 Å². The molecule has 2 aromatic rings. The third-order valence-corrected chi connectivity index (χ3v) is 5.34. The number of hydrogen-bond donors (Lipinski definition) is 1. The number of carbonyl (C=O) groups is 2. The van der Waals surface area contributed by atoms with Gasteiger partial charge in [0.25, 0.3) is 0 Å². The highest BCUT2D eigenvalue weighted by Crippen LogP contribution is 2.25. The Kier molecular flexibility index (Phi) is 7.22. The van der Waals surface area contributed by atoms with Gasteiger partial charge in [-0.3, -0.25) is 9.10 Å². The molecule has 0 saturated heterocycles. The summed E-state index contributed by atoms with van der Waals surface area (Å²) in [5, 5.41) is 2.62. The SMILES string of the molecule is CCOC(=O)c1ccccc1NC(=O)[C@H](C)N(c1ccc(OC)cc1)S(C)(=O)=O. The number of nitrogens with zero attached hydrogens (tertiary/aromatic N) is 1. The lowest BCUT2D eigenvalue weighted by Crippen LogP contribution is -2.45. The van der Waals surface area contributed by atoms with Crippen molar-refractivity contribution in [2.45, 2.75) is 19.9 Å². The third-order valence-electron chi connectivity index (χ3n) is 4.10. The fraction of sp³-hybridized carbons (Fsp3) is 0.300. The molecule has 2 rings (SSSR count). The molecule has 0 fully saturated rings. The zero-order valence-corrected chi connectivity index (χ0v) is 17.5. The van der Waals surface area contributed by atoms with Crippen molar-refractivity contribution in [3.8, 4) is 5.75 Å². The molecule has 1 atom stereocenters. The molecular formula is C20H24N2O6S. The molecular weight excluding hydrogens is 396 g/mol. The smallest absolute Gasteiger partial charge is 0.340 e. The third kappa shape index (κ3) is 5.47. The number of nitrogens with one attached hydrogen (secondary N) is 1. The topological polar surface area (TPSA) is 102 Å². The lowest BCUT2D eigenvalue weighted by atomic mass is 10.1. The number of anilines is 2. The highest BCUT2D eigenvalue weighted by molar-refractivity contribution is 7.92. The molecule has 0 spiro atoms. The van der Waals surface area contributed by atoms with E-state index in [2.05, 4.69) is 5.32 Å². The van der Waals surface area contributed by atoms with Gasteiger partial charge in [0.1, 0.15) is 11.8 Å². The summed E-state index contributed by atoms with van der Waals surface area (Å²) in [6, 6.07) is 11.6. The zero-order chi connectivity index (χ0) is 21.6. The van der Waals surface area contributed by atoms with Gasteiger partial charge in [-0.05, 0) is 50.2 Å². The van der Waals surface area contributed by atoms with Crippen molar-refractivity contribution >= 4 is 33.3 Å². The molecule has 0 aliphatic heterocycles. The van der Waals surface area contributed by atoms with Crippen LogP contribution in [0.2, 0.25) is 0 Å².